The van der Waals surface area contributed by atoms with Gasteiger partial charge in [0, 0.05) is 13.1 Å². The molecule has 0 saturated carbocycles. The average Bonchev–Trinajstić information content (AvgIpc) is 2.65. The van der Waals surface area contributed by atoms with Gasteiger partial charge in [-0.1, -0.05) is 6.08 Å². The molecule has 0 radical (unpaired) electrons. The van der Waals surface area contributed by atoms with Crippen molar-refractivity contribution in [2.75, 3.05) is 13.1 Å². The zero-order valence-electron chi connectivity index (χ0n) is 8.43. The Kier molecular flexibility index (Phi) is 2.73. The fourth-order valence-corrected chi connectivity index (χ4v) is 2.40. The fourth-order valence-electron chi connectivity index (χ4n) is 1.58. The Morgan fingerprint density at radius 1 is 1.67 bits per heavy atom. The van der Waals surface area contributed by atoms with Crippen LogP contribution in [0.1, 0.15) is 17.0 Å². The Bertz CT molecular complexity index is 411. The summed E-state index contributed by atoms with van der Waals surface area (Å²) in [4.78, 5) is 13.3. The monoisotopic (exact) mass is 224 g/mol. The van der Waals surface area contributed by atoms with Gasteiger partial charge in [-0.2, -0.15) is 4.37 Å². The Morgan fingerprint density at radius 3 is 2.93 bits per heavy atom. The Hall–Kier alpha value is -1.36. The van der Waals surface area contributed by atoms with Gasteiger partial charge in [0.25, 0.3) is 0 Å². The Labute approximate surface area is 92.0 Å². The van der Waals surface area contributed by atoms with Crippen molar-refractivity contribution in [3.05, 3.63) is 22.7 Å². The van der Waals surface area contributed by atoms with E-state index in [4.69, 9.17) is 5.11 Å². The number of rotatable bonds is 1. The first kappa shape index (κ1) is 10.2. The number of aryl methyl sites for hydroxylation is 1. The number of hydrogen-bond donors (Lipinski definition) is 1. The molecule has 0 aliphatic carbocycles. The molecule has 1 aromatic heterocycles. The van der Waals surface area contributed by atoms with Gasteiger partial charge in [0.1, 0.15) is 0 Å². The molecule has 80 valence electrons. The molecular formula is C10H12N2O2S. The summed E-state index contributed by atoms with van der Waals surface area (Å²) in [5.41, 5.74) is 2.25. The summed E-state index contributed by atoms with van der Waals surface area (Å²) < 4.78 is 4.22. The van der Waals surface area contributed by atoms with Crippen LogP contribution in [0.2, 0.25) is 0 Å². The fraction of sp³-hybridized carbons (Fsp3) is 0.400. The zero-order chi connectivity index (χ0) is 10.8. The first-order valence-corrected chi connectivity index (χ1v) is 5.55. The lowest BCUT2D eigenvalue weighted by Crippen LogP contribution is -2.33. The van der Waals surface area contributed by atoms with E-state index in [9.17, 15) is 4.79 Å². The third-order valence-corrected chi connectivity index (χ3v) is 3.38. The van der Waals surface area contributed by atoms with Crippen LogP contribution < -0.4 is 0 Å². The van der Waals surface area contributed by atoms with Gasteiger partial charge in [0.2, 0.25) is 0 Å². The molecule has 1 N–H and O–H groups in total. The second-order valence-electron chi connectivity index (χ2n) is 3.54. The van der Waals surface area contributed by atoms with Crippen molar-refractivity contribution in [2.24, 2.45) is 0 Å². The number of nitrogens with zero attached hydrogens (tertiary/aromatic N) is 2. The molecule has 0 aromatic carbocycles. The van der Waals surface area contributed by atoms with Crippen LogP contribution >= 0.6 is 11.5 Å². The molecule has 0 bridgehead atoms. The molecule has 1 amide bonds. The Balaban J connectivity index is 2.11. The van der Waals surface area contributed by atoms with Crippen LogP contribution in [-0.2, 0) is 0 Å². The molecule has 5 heteroatoms. The highest BCUT2D eigenvalue weighted by Gasteiger charge is 2.17. The first-order valence-electron chi connectivity index (χ1n) is 4.77. The predicted octanol–water partition coefficient (Wildman–Crippen LogP) is 2.22. The van der Waals surface area contributed by atoms with E-state index in [0.717, 1.165) is 17.0 Å². The maximum absolute atomic E-state index is 10.7. The molecule has 0 fully saturated rings. The maximum Gasteiger partial charge on any atom is 0.407 e. The lowest BCUT2D eigenvalue weighted by molar-refractivity contribution is 0.150. The summed E-state index contributed by atoms with van der Waals surface area (Å²) in [5, 5.41) is 8.79. The summed E-state index contributed by atoms with van der Waals surface area (Å²) in [5.74, 6) is 0. The lowest BCUT2D eigenvalue weighted by Gasteiger charge is -2.22. The summed E-state index contributed by atoms with van der Waals surface area (Å²) in [6, 6.07) is 2.05. The minimum absolute atomic E-state index is 0.488. The van der Waals surface area contributed by atoms with Gasteiger partial charge >= 0.3 is 6.09 Å². The highest BCUT2D eigenvalue weighted by atomic mass is 32.1. The summed E-state index contributed by atoms with van der Waals surface area (Å²) >= 11 is 1.48. The number of aromatic nitrogens is 1. The molecular weight excluding hydrogens is 212 g/mol. The number of hydrogen-bond acceptors (Lipinski definition) is 3. The van der Waals surface area contributed by atoms with Crippen LogP contribution in [0.3, 0.4) is 0 Å². The third-order valence-electron chi connectivity index (χ3n) is 2.42. The van der Waals surface area contributed by atoms with Crippen molar-refractivity contribution in [2.45, 2.75) is 13.3 Å². The smallest absolute Gasteiger partial charge is 0.407 e. The quantitative estimate of drug-likeness (QED) is 0.795. The van der Waals surface area contributed by atoms with Crippen molar-refractivity contribution >= 4 is 23.2 Å². The van der Waals surface area contributed by atoms with Gasteiger partial charge in [0.15, 0.2) is 0 Å². The molecule has 1 aromatic rings. The van der Waals surface area contributed by atoms with Crippen LogP contribution in [0.15, 0.2) is 12.1 Å². The van der Waals surface area contributed by atoms with E-state index in [1.54, 1.807) is 0 Å². The van der Waals surface area contributed by atoms with Crippen molar-refractivity contribution in [3.63, 3.8) is 0 Å². The molecule has 1 aliphatic rings. The SMILES string of the molecule is Cc1cc(C2=CCN(C(=O)O)CC2)sn1. The second kappa shape index (κ2) is 4.02. The van der Waals surface area contributed by atoms with Crippen LogP contribution in [-0.4, -0.2) is 33.6 Å². The van der Waals surface area contributed by atoms with E-state index in [0.29, 0.717) is 13.1 Å². The molecule has 4 nitrogen and oxygen atoms in total. The lowest BCUT2D eigenvalue weighted by atomic mass is 10.1. The summed E-state index contributed by atoms with van der Waals surface area (Å²) in [6.45, 7) is 3.03. The van der Waals surface area contributed by atoms with E-state index in [2.05, 4.69) is 4.37 Å². The molecule has 2 rings (SSSR count). The van der Waals surface area contributed by atoms with Crippen molar-refractivity contribution in [3.8, 4) is 0 Å². The molecule has 2 heterocycles. The third kappa shape index (κ3) is 2.18. The van der Waals surface area contributed by atoms with Crippen molar-refractivity contribution in [1.82, 2.24) is 9.27 Å². The van der Waals surface area contributed by atoms with E-state index in [1.165, 1.54) is 22.0 Å². The molecule has 0 saturated heterocycles. The second-order valence-corrected chi connectivity index (χ2v) is 4.35. The van der Waals surface area contributed by atoms with Gasteiger partial charge in [-0.3, -0.25) is 0 Å². The average molecular weight is 224 g/mol. The highest BCUT2D eigenvalue weighted by Crippen LogP contribution is 2.25. The van der Waals surface area contributed by atoms with Crippen molar-refractivity contribution in [1.29, 1.82) is 0 Å². The first-order chi connectivity index (χ1) is 7.16. The van der Waals surface area contributed by atoms with Gasteiger partial charge in [0.05, 0.1) is 10.6 Å². The number of carboxylic acid groups (broad SMARTS) is 1. The van der Waals surface area contributed by atoms with Crippen LogP contribution in [0.4, 0.5) is 4.79 Å². The van der Waals surface area contributed by atoms with E-state index in [1.807, 2.05) is 19.1 Å². The number of amides is 1. The van der Waals surface area contributed by atoms with Gasteiger partial charge in [-0.25, -0.2) is 4.79 Å². The zero-order valence-corrected chi connectivity index (χ0v) is 9.25. The highest BCUT2D eigenvalue weighted by molar-refractivity contribution is 7.07. The van der Waals surface area contributed by atoms with Crippen LogP contribution in [0.25, 0.3) is 5.57 Å². The summed E-state index contributed by atoms with van der Waals surface area (Å²) in [7, 11) is 0. The standard InChI is InChI=1S/C10H12N2O2S/c1-7-6-9(15-11-7)8-2-4-12(5-3-8)10(13)14/h2,6H,3-5H2,1H3,(H,13,14). The number of carbonyl (C=O) groups is 1. The van der Waals surface area contributed by atoms with Crippen molar-refractivity contribution < 1.29 is 9.90 Å². The van der Waals surface area contributed by atoms with Crippen LogP contribution in [0.5, 0.6) is 0 Å². The minimum Gasteiger partial charge on any atom is -0.465 e. The van der Waals surface area contributed by atoms with Crippen LogP contribution in [0, 0.1) is 6.92 Å². The van der Waals surface area contributed by atoms with Gasteiger partial charge < -0.3 is 10.0 Å². The van der Waals surface area contributed by atoms with E-state index in [-0.39, 0.29) is 0 Å². The molecule has 1 aliphatic heterocycles. The normalized spacial score (nSPS) is 16.3. The largest absolute Gasteiger partial charge is 0.465 e. The Morgan fingerprint density at radius 2 is 2.47 bits per heavy atom. The van der Waals surface area contributed by atoms with Gasteiger partial charge in [-0.05, 0) is 36.5 Å². The maximum atomic E-state index is 10.7. The predicted molar refractivity (Wildman–Crippen MR) is 59.0 cm³/mol. The molecule has 0 spiro atoms. The molecule has 15 heavy (non-hydrogen) atoms. The van der Waals surface area contributed by atoms with Gasteiger partial charge in [-0.15, -0.1) is 0 Å². The topological polar surface area (TPSA) is 53.4 Å². The van der Waals surface area contributed by atoms with E-state index < -0.39 is 6.09 Å². The van der Waals surface area contributed by atoms with E-state index >= 15 is 0 Å². The summed E-state index contributed by atoms with van der Waals surface area (Å²) in [6.07, 6.45) is 1.92. The molecule has 0 unspecified atom stereocenters. The minimum atomic E-state index is -0.842. The molecule has 0 atom stereocenters.